The number of aryl methyl sites for hydroxylation is 2. The predicted molar refractivity (Wildman–Crippen MR) is 103 cm³/mol. The Kier molecular flexibility index (Phi) is 4.65. The van der Waals surface area contributed by atoms with Crippen molar-refractivity contribution in [3.8, 4) is 0 Å². The smallest absolute Gasteiger partial charge is 0.255 e. The minimum Gasteiger partial charge on any atom is -0.336 e. The van der Waals surface area contributed by atoms with Gasteiger partial charge in [-0.3, -0.25) is 14.8 Å². The number of pyridine rings is 2. The van der Waals surface area contributed by atoms with Crippen molar-refractivity contribution in [2.45, 2.75) is 38.6 Å². The van der Waals surface area contributed by atoms with Gasteiger partial charge >= 0.3 is 0 Å². The first-order valence-corrected chi connectivity index (χ1v) is 9.28. The summed E-state index contributed by atoms with van der Waals surface area (Å²) >= 11 is 0. The third kappa shape index (κ3) is 3.45. The molecule has 1 atom stereocenters. The molecule has 1 aliphatic heterocycles. The Morgan fingerprint density at radius 1 is 1.19 bits per heavy atom. The van der Waals surface area contributed by atoms with Crippen LogP contribution in [0.1, 0.15) is 40.9 Å². The number of carbonyl (C=O) groups is 1. The second-order valence-electron chi connectivity index (χ2n) is 7.06. The van der Waals surface area contributed by atoms with Crippen LogP contribution in [-0.4, -0.2) is 33.4 Å². The molecule has 1 aromatic carbocycles. The Hall–Kier alpha value is -2.75. The number of nitrogens with zero attached hydrogens (tertiary/aromatic N) is 3. The van der Waals surface area contributed by atoms with Crippen LogP contribution in [0.4, 0.5) is 0 Å². The van der Waals surface area contributed by atoms with Gasteiger partial charge in [0.05, 0.1) is 11.1 Å². The van der Waals surface area contributed by atoms with Crippen molar-refractivity contribution in [3.63, 3.8) is 0 Å². The van der Waals surface area contributed by atoms with Crippen molar-refractivity contribution >= 4 is 16.8 Å². The van der Waals surface area contributed by atoms with Gasteiger partial charge in [-0.2, -0.15) is 0 Å². The van der Waals surface area contributed by atoms with Crippen molar-refractivity contribution in [2.75, 3.05) is 6.54 Å². The van der Waals surface area contributed by atoms with Gasteiger partial charge < -0.3 is 4.90 Å². The van der Waals surface area contributed by atoms with E-state index in [4.69, 9.17) is 0 Å². The molecular weight excluding hydrogens is 322 g/mol. The molecule has 132 valence electrons. The highest BCUT2D eigenvalue weighted by Gasteiger charge is 2.29. The highest BCUT2D eigenvalue weighted by Crippen LogP contribution is 2.25. The molecular formula is C22H23N3O. The van der Waals surface area contributed by atoms with Gasteiger partial charge in [0.1, 0.15) is 0 Å². The normalized spacial score (nSPS) is 17.0. The molecule has 0 bridgehead atoms. The molecule has 0 spiro atoms. The molecule has 1 unspecified atom stereocenters. The molecule has 0 radical (unpaired) electrons. The largest absolute Gasteiger partial charge is 0.336 e. The molecule has 1 amide bonds. The zero-order valence-corrected chi connectivity index (χ0v) is 15.1. The summed E-state index contributed by atoms with van der Waals surface area (Å²) in [6, 6.07) is 14.4. The zero-order valence-electron chi connectivity index (χ0n) is 15.1. The number of fused-ring (bicyclic) bond motifs is 1. The van der Waals surface area contributed by atoms with E-state index in [0.29, 0.717) is 11.6 Å². The molecule has 3 heterocycles. The summed E-state index contributed by atoms with van der Waals surface area (Å²) in [5, 5.41) is 1.02. The number of rotatable bonds is 4. The van der Waals surface area contributed by atoms with Gasteiger partial charge in [0.25, 0.3) is 5.91 Å². The van der Waals surface area contributed by atoms with E-state index in [1.54, 1.807) is 6.20 Å². The fourth-order valence-electron chi connectivity index (χ4n) is 3.85. The lowest BCUT2D eigenvalue weighted by molar-refractivity contribution is 0.0730. The van der Waals surface area contributed by atoms with Crippen molar-refractivity contribution in [1.29, 1.82) is 0 Å². The monoisotopic (exact) mass is 345 g/mol. The number of carbonyl (C=O) groups excluding carboxylic acids is 1. The second kappa shape index (κ2) is 7.24. The number of likely N-dealkylation sites (tertiary alicyclic amines) is 1. The molecule has 1 aliphatic rings. The molecule has 0 saturated carbocycles. The number of para-hydroxylation sites is 1. The summed E-state index contributed by atoms with van der Waals surface area (Å²) in [5.74, 6) is 0.108. The highest BCUT2D eigenvalue weighted by molar-refractivity contribution is 5.97. The summed E-state index contributed by atoms with van der Waals surface area (Å²) in [7, 11) is 0. The van der Waals surface area contributed by atoms with Crippen LogP contribution < -0.4 is 0 Å². The van der Waals surface area contributed by atoms with E-state index in [1.807, 2.05) is 48.4 Å². The maximum absolute atomic E-state index is 13.0. The van der Waals surface area contributed by atoms with Crippen LogP contribution in [0.15, 0.2) is 54.9 Å². The number of hydrogen-bond acceptors (Lipinski definition) is 3. The lowest BCUT2D eigenvalue weighted by atomic mass is 10.0. The topological polar surface area (TPSA) is 46.1 Å². The van der Waals surface area contributed by atoms with Gasteiger partial charge in [-0.05, 0) is 62.4 Å². The molecule has 3 aromatic rings. The Balaban J connectivity index is 1.48. The molecule has 26 heavy (non-hydrogen) atoms. The highest BCUT2D eigenvalue weighted by atomic mass is 16.2. The Bertz CT molecular complexity index is 937. The Morgan fingerprint density at radius 3 is 2.96 bits per heavy atom. The third-order valence-corrected chi connectivity index (χ3v) is 5.20. The van der Waals surface area contributed by atoms with E-state index in [1.165, 1.54) is 5.56 Å². The first-order valence-electron chi connectivity index (χ1n) is 9.28. The minimum atomic E-state index is 0.108. The minimum absolute atomic E-state index is 0.108. The molecule has 4 heteroatoms. The van der Waals surface area contributed by atoms with E-state index in [2.05, 4.69) is 22.1 Å². The summed E-state index contributed by atoms with van der Waals surface area (Å²) in [6.07, 6.45) is 7.71. The average Bonchev–Trinajstić information content (AvgIpc) is 3.14. The van der Waals surface area contributed by atoms with Gasteiger partial charge in [-0.1, -0.05) is 18.2 Å². The van der Waals surface area contributed by atoms with Crippen molar-refractivity contribution in [1.82, 2.24) is 14.9 Å². The van der Waals surface area contributed by atoms with Crippen LogP contribution in [0.25, 0.3) is 10.9 Å². The summed E-state index contributed by atoms with van der Waals surface area (Å²) < 4.78 is 0. The van der Waals surface area contributed by atoms with Crippen LogP contribution in [-0.2, 0) is 6.42 Å². The fourth-order valence-corrected chi connectivity index (χ4v) is 3.85. The Labute approximate surface area is 153 Å². The lowest BCUT2D eigenvalue weighted by Crippen LogP contribution is -2.35. The quantitative estimate of drug-likeness (QED) is 0.713. The first kappa shape index (κ1) is 16.7. The number of benzene rings is 1. The van der Waals surface area contributed by atoms with Gasteiger partial charge in [0.15, 0.2) is 0 Å². The van der Waals surface area contributed by atoms with Gasteiger partial charge in [0.2, 0.25) is 0 Å². The van der Waals surface area contributed by atoms with Crippen LogP contribution in [0.3, 0.4) is 0 Å². The zero-order chi connectivity index (χ0) is 17.9. The Morgan fingerprint density at radius 2 is 2.08 bits per heavy atom. The molecule has 4 nitrogen and oxygen atoms in total. The molecule has 1 fully saturated rings. The van der Waals surface area contributed by atoms with Crippen LogP contribution in [0, 0.1) is 6.92 Å². The van der Waals surface area contributed by atoms with Gasteiger partial charge in [0, 0.05) is 36.1 Å². The van der Waals surface area contributed by atoms with E-state index in [-0.39, 0.29) is 5.91 Å². The van der Waals surface area contributed by atoms with Crippen LogP contribution >= 0.6 is 0 Å². The van der Waals surface area contributed by atoms with Crippen molar-refractivity contribution < 1.29 is 4.79 Å². The number of amides is 1. The molecule has 4 rings (SSSR count). The van der Waals surface area contributed by atoms with E-state index in [0.717, 1.165) is 48.8 Å². The number of hydrogen-bond donors (Lipinski definition) is 0. The summed E-state index contributed by atoms with van der Waals surface area (Å²) in [4.78, 5) is 23.8. The standard InChI is InChI=1S/C22H23N3O/c1-16-13-17(10-11-23-16)8-9-20-6-4-12-25(20)22(26)19-14-18-5-2-3-7-21(18)24-15-19/h2-3,5,7,10-11,13-15,20H,4,6,8-9,12H2,1H3. The molecule has 1 saturated heterocycles. The molecule has 2 aromatic heterocycles. The van der Waals surface area contributed by atoms with Gasteiger partial charge in [-0.15, -0.1) is 0 Å². The first-order chi connectivity index (χ1) is 12.7. The SMILES string of the molecule is Cc1cc(CCC2CCCN2C(=O)c2cnc3ccccc3c2)ccn1. The summed E-state index contributed by atoms with van der Waals surface area (Å²) in [6.45, 7) is 2.85. The van der Waals surface area contributed by atoms with Gasteiger partial charge in [-0.25, -0.2) is 0 Å². The second-order valence-corrected chi connectivity index (χ2v) is 7.06. The van der Waals surface area contributed by atoms with Crippen molar-refractivity contribution in [2.24, 2.45) is 0 Å². The van der Waals surface area contributed by atoms with Crippen molar-refractivity contribution in [3.05, 3.63) is 71.7 Å². The fraction of sp³-hybridized carbons (Fsp3) is 0.318. The lowest BCUT2D eigenvalue weighted by Gasteiger charge is -2.25. The van der Waals surface area contributed by atoms with Crippen LogP contribution in [0.2, 0.25) is 0 Å². The molecule has 0 aliphatic carbocycles. The van der Waals surface area contributed by atoms with E-state index >= 15 is 0 Å². The predicted octanol–water partition coefficient (Wildman–Crippen LogP) is 4.18. The summed E-state index contributed by atoms with van der Waals surface area (Å²) in [5.41, 5.74) is 3.96. The van der Waals surface area contributed by atoms with Crippen LogP contribution in [0.5, 0.6) is 0 Å². The maximum Gasteiger partial charge on any atom is 0.255 e. The average molecular weight is 345 g/mol. The molecule has 0 N–H and O–H groups in total. The van der Waals surface area contributed by atoms with E-state index < -0.39 is 0 Å². The third-order valence-electron chi connectivity index (χ3n) is 5.20. The number of aromatic nitrogens is 2. The maximum atomic E-state index is 13.0. The van der Waals surface area contributed by atoms with E-state index in [9.17, 15) is 4.79 Å².